The highest BCUT2D eigenvalue weighted by atomic mass is 32.2. The molecule has 2 heterocycles. The number of H-pyrrole nitrogens is 1. The minimum Gasteiger partial charge on any atom is -0.465 e. The number of aromatic nitrogens is 1. The Morgan fingerprint density at radius 1 is 1.30 bits per heavy atom. The van der Waals surface area contributed by atoms with Gasteiger partial charge in [-0.1, -0.05) is 0 Å². The van der Waals surface area contributed by atoms with Gasteiger partial charge >= 0.3 is 11.8 Å². The van der Waals surface area contributed by atoms with Gasteiger partial charge in [-0.2, -0.15) is 0 Å². The first kappa shape index (κ1) is 15.8. The molecular formula is C14H17N3O5S. The van der Waals surface area contributed by atoms with Gasteiger partial charge in [0.15, 0.2) is 5.58 Å². The van der Waals surface area contributed by atoms with Gasteiger partial charge in [-0.05, 0) is 18.2 Å². The van der Waals surface area contributed by atoms with Crippen LogP contribution in [0.25, 0.3) is 11.1 Å². The molecule has 0 radical (unpaired) electrons. The lowest BCUT2D eigenvalue weighted by molar-refractivity contribution is 0.108. The van der Waals surface area contributed by atoms with Gasteiger partial charge in [0, 0.05) is 43.4 Å². The molecule has 9 heteroatoms. The number of aromatic amines is 1. The third kappa shape index (κ3) is 3.62. The maximum atomic E-state index is 12.4. The summed E-state index contributed by atoms with van der Waals surface area (Å²) in [6.07, 6.45) is -0.894. The number of piperazine rings is 1. The van der Waals surface area contributed by atoms with Crippen LogP contribution >= 0.6 is 0 Å². The van der Waals surface area contributed by atoms with Crippen molar-refractivity contribution in [2.45, 2.75) is 4.90 Å². The van der Waals surface area contributed by atoms with E-state index in [1.165, 1.54) is 4.90 Å². The molecule has 1 aliphatic rings. The summed E-state index contributed by atoms with van der Waals surface area (Å²) >= 11 is 0. The summed E-state index contributed by atoms with van der Waals surface area (Å²) in [4.78, 5) is 28.6. The molecule has 1 amide bonds. The topological polar surface area (TPSA) is 107 Å². The molecule has 2 N–H and O–H groups in total. The molecule has 0 saturated carbocycles. The molecule has 124 valence electrons. The lowest BCUT2D eigenvalue weighted by Gasteiger charge is -2.32. The lowest BCUT2D eigenvalue weighted by atomic mass is 10.3. The lowest BCUT2D eigenvalue weighted by Crippen LogP contribution is -2.49. The molecule has 0 spiro atoms. The normalized spacial score (nSPS) is 17.5. The van der Waals surface area contributed by atoms with Crippen molar-refractivity contribution in [3.8, 4) is 0 Å². The molecule has 3 rings (SSSR count). The van der Waals surface area contributed by atoms with Crippen LogP contribution in [0.3, 0.4) is 0 Å². The molecule has 0 bridgehead atoms. The van der Waals surface area contributed by atoms with Gasteiger partial charge in [-0.3, -0.25) is 14.1 Å². The highest BCUT2D eigenvalue weighted by Gasteiger charge is 2.20. The Morgan fingerprint density at radius 2 is 2.04 bits per heavy atom. The third-order valence-electron chi connectivity index (χ3n) is 3.89. The average Bonchev–Trinajstić information content (AvgIpc) is 2.92. The summed E-state index contributed by atoms with van der Waals surface area (Å²) in [7, 11) is -1.20. The van der Waals surface area contributed by atoms with Crippen LogP contribution in [0.15, 0.2) is 32.3 Å². The number of benzene rings is 1. The summed E-state index contributed by atoms with van der Waals surface area (Å²) in [5, 5.41) is 8.90. The van der Waals surface area contributed by atoms with Crippen LogP contribution in [0.2, 0.25) is 0 Å². The van der Waals surface area contributed by atoms with Crippen molar-refractivity contribution in [2.24, 2.45) is 0 Å². The van der Waals surface area contributed by atoms with E-state index in [4.69, 9.17) is 9.52 Å². The Balaban J connectivity index is 1.56. The summed E-state index contributed by atoms with van der Waals surface area (Å²) < 4.78 is 17.3. The van der Waals surface area contributed by atoms with Crippen molar-refractivity contribution >= 4 is 28.0 Å². The van der Waals surface area contributed by atoms with E-state index in [2.05, 4.69) is 9.88 Å². The molecule has 1 atom stereocenters. The number of fused-ring (bicyclic) bond motifs is 1. The van der Waals surface area contributed by atoms with E-state index >= 15 is 0 Å². The standard InChI is InChI=1S/C14H17N3O5S/c18-13-15-11-2-1-10(9-12(11)22-13)23(21)8-7-16-3-5-17(6-4-16)14(19)20/h1-2,9H,3-8H2,(H,15,18)(H,19,20). The molecule has 1 aromatic heterocycles. The van der Waals surface area contributed by atoms with Crippen molar-refractivity contribution in [2.75, 3.05) is 38.5 Å². The largest absolute Gasteiger partial charge is 0.465 e. The van der Waals surface area contributed by atoms with E-state index in [1.807, 2.05) is 0 Å². The van der Waals surface area contributed by atoms with Crippen molar-refractivity contribution in [1.82, 2.24) is 14.8 Å². The molecule has 1 fully saturated rings. The number of oxazole rings is 1. The van der Waals surface area contributed by atoms with E-state index in [0.29, 0.717) is 54.5 Å². The SMILES string of the molecule is O=C(O)N1CCN(CCS(=O)c2ccc3[nH]c(=O)oc3c2)CC1. The number of hydrogen-bond donors (Lipinski definition) is 2. The summed E-state index contributed by atoms with van der Waals surface area (Å²) in [6.45, 7) is 2.88. The molecular weight excluding hydrogens is 322 g/mol. The zero-order valence-corrected chi connectivity index (χ0v) is 13.2. The maximum Gasteiger partial charge on any atom is 0.417 e. The smallest absolute Gasteiger partial charge is 0.417 e. The van der Waals surface area contributed by atoms with E-state index in [0.717, 1.165) is 0 Å². The number of nitrogens with zero attached hydrogens (tertiary/aromatic N) is 2. The molecule has 1 aliphatic heterocycles. The van der Waals surface area contributed by atoms with E-state index in [-0.39, 0.29) is 0 Å². The predicted octanol–water partition coefficient (Wildman–Crippen LogP) is 0.524. The fourth-order valence-corrected chi connectivity index (χ4v) is 3.68. The first-order chi connectivity index (χ1) is 11.0. The molecule has 0 aliphatic carbocycles. The number of nitrogens with one attached hydrogen (secondary N) is 1. The van der Waals surface area contributed by atoms with Crippen molar-refractivity contribution in [3.63, 3.8) is 0 Å². The highest BCUT2D eigenvalue weighted by molar-refractivity contribution is 7.85. The van der Waals surface area contributed by atoms with Gasteiger partial charge in [0.25, 0.3) is 0 Å². The number of hydrogen-bond acceptors (Lipinski definition) is 5. The monoisotopic (exact) mass is 339 g/mol. The molecule has 1 saturated heterocycles. The number of rotatable bonds is 4. The Morgan fingerprint density at radius 3 is 2.74 bits per heavy atom. The molecule has 2 aromatic rings. The van der Waals surface area contributed by atoms with Crippen LogP contribution in [0.4, 0.5) is 4.79 Å². The van der Waals surface area contributed by atoms with Crippen molar-refractivity contribution < 1.29 is 18.5 Å². The second-order valence-corrected chi connectivity index (χ2v) is 6.90. The Hall–Kier alpha value is -2.13. The second kappa shape index (κ2) is 6.55. The number of amides is 1. The second-order valence-electron chi connectivity index (χ2n) is 5.33. The van der Waals surface area contributed by atoms with Crippen LogP contribution in [-0.4, -0.2) is 68.7 Å². The van der Waals surface area contributed by atoms with Crippen LogP contribution in [0.5, 0.6) is 0 Å². The molecule has 1 unspecified atom stereocenters. The van der Waals surface area contributed by atoms with Crippen LogP contribution in [0.1, 0.15) is 0 Å². The van der Waals surface area contributed by atoms with Gasteiger partial charge in [0.2, 0.25) is 0 Å². The van der Waals surface area contributed by atoms with Crippen molar-refractivity contribution in [1.29, 1.82) is 0 Å². The first-order valence-corrected chi connectivity index (χ1v) is 8.56. The van der Waals surface area contributed by atoms with Gasteiger partial charge in [0.1, 0.15) is 0 Å². The molecule has 8 nitrogen and oxygen atoms in total. The molecule has 1 aromatic carbocycles. The minimum atomic E-state index is -1.20. The Kier molecular flexibility index (Phi) is 4.49. The van der Waals surface area contributed by atoms with Crippen molar-refractivity contribution in [3.05, 3.63) is 28.7 Å². The Labute approximate surface area is 134 Å². The van der Waals surface area contributed by atoms with E-state index in [1.54, 1.807) is 18.2 Å². The van der Waals surface area contributed by atoms with Gasteiger partial charge in [0.05, 0.1) is 16.3 Å². The number of carbonyl (C=O) groups is 1. The zero-order valence-electron chi connectivity index (χ0n) is 12.4. The van der Waals surface area contributed by atoms with Gasteiger partial charge in [-0.25, -0.2) is 9.59 Å². The van der Waals surface area contributed by atoms with Crippen LogP contribution in [0, 0.1) is 0 Å². The predicted molar refractivity (Wildman–Crippen MR) is 84.1 cm³/mol. The van der Waals surface area contributed by atoms with Crippen LogP contribution in [-0.2, 0) is 10.8 Å². The van der Waals surface area contributed by atoms with E-state index in [9.17, 15) is 13.8 Å². The summed E-state index contributed by atoms with van der Waals surface area (Å²) in [5.41, 5.74) is 0.983. The van der Waals surface area contributed by atoms with Gasteiger partial charge in [-0.15, -0.1) is 0 Å². The highest BCUT2D eigenvalue weighted by Crippen LogP contribution is 2.15. The van der Waals surface area contributed by atoms with Gasteiger partial charge < -0.3 is 14.4 Å². The fourth-order valence-electron chi connectivity index (χ4n) is 2.56. The number of carboxylic acid groups (broad SMARTS) is 1. The Bertz CT molecular complexity index is 791. The third-order valence-corrected chi connectivity index (χ3v) is 5.22. The molecule has 23 heavy (non-hydrogen) atoms. The summed E-state index contributed by atoms with van der Waals surface area (Å²) in [5.74, 6) is -0.0769. The summed E-state index contributed by atoms with van der Waals surface area (Å²) in [6, 6.07) is 5.01. The zero-order chi connectivity index (χ0) is 16.4. The fraction of sp³-hybridized carbons (Fsp3) is 0.429. The average molecular weight is 339 g/mol. The van der Waals surface area contributed by atoms with E-state index < -0.39 is 22.6 Å². The minimum absolute atomic E-state index is 0.399. The first-order valence-electron chi connectivity index (χ1n) is 7.24. The van der Waals surface area contributed by atoms with Crippen LogP contribution < -0.4 is 5.76 Å². The quantitative estimate of drug-likeness (QED) is 0.841. The maximum absolute atomic E-state index is 12.4.